The predicted molar refractivity (Wildman–Crippen MR) is 110 cm³/mol. The molecule has 2 heterocycles. The molecule has 1 aliphatic carbocycles. The molecule has 1 aliphatic rings. The Balaban J connectivity index is 1.72. The van der Waals surface area contributed by atoms with E-state index >= 15 is 0 Å². The third-order valence-corrected chi connectivity index (χ3v) is 5.85. The highest BCUT2D eigenvalue weighted by atomic mass is 35.5. The maximum absolute atomic E-state index is 14.0. The molecule has 0 unspecified atom stereocenters. The van der Waals surface area contributed by atoms with E-state index in [0.29, 0.717) is 17.2 Å². The van der Waals surface area contributed by atoms with Crippen molar-refractivity contribution in [2.24, 2.45) is 4.99 Å². The van der Waals surface area contributed by atoms with Gasteiger partial charge < -0.3 is 5.32 Å². The number of aliphatic imine (C=N–C) groups is 1. The normalized spacial score (nSPS) is 20.4. The Morgan fingerprint density at radius 3 is 3.00 bits per heavy atom. The fraction of sp³-hybridized carbons (Fsp3) is 0.421. The van der Waals surface area contributed by atoms with Gasteiger partial charge in [-0.1, -0.05) is 29.8 Å². The van der Waals surface area contributed by atoms with Crippen molar-refractivity contribution in [1.29, 1.82) is 0 Å². The van der Waals surface area contributed by atoms with Crippen molar-refractivity contribution in [1.82, 2.24) is 14.9 Å². The van der Waals surface area contributed by atoms with Crippen molar-refractivity contribution < 1.29 is 13.6 Å². The summed E-state index contributed by atoms with van der Waals surface area (Å²) in [6.45, 7) is 1.98. The largest absolute Gasteiger partial charge is 0.341 e. The number of nitrogens with zero attached hydrogens (tertiary/aromatic N) is 3. The van der Waals surface area contributed by atoms with E-state index in [0.717, 1.165) is 28.4 Å². The first-order chi connectivity index (χ1) is 13.3. The van der Waals surface area contributed by atoms with Crippen LogP contribution in [0.15, 0.2) is 33.9 Å². The lowest BCUT2D eigenvalue weighted by molar-refractivity contribution is -0.121. The van der Waals surface area contributed by atoms with Gasteiger partial charge in [-0.3, -0.25) is 9.79 Å². The number of pyridine rings is 1. The van der Waals surface area contributed by atoms with Crippen LogP contribution in [0, 0.1) is 6.92 Å². The van der Waals surface area contributed by atoms with Crippen molar-refractivity contribution in [3.05, 3.63) is 40.0 Å². The zero-order valence-corrected chi connectivity index (χ0v) is 17.2. The first-order valence-corrected chi connectivity index (χ1v) is 10.1. The standard InChI is InChI=1S/C19H21ClF2N4OS/c1-12-6-8-26-14(9-12)13(11-24-26)10-16(20)28-18(23-2)17(27)25-15-5-3-4-7-19(15,21)22/h6,8-11,15H,3-5,7H2,1-2H3,(H,25,27)/b16-10+,23-18?/t15-/m1/s1. The van der Waals surface area contributed by atoms with E-state index in [1.54, 1.807) is 16.8 Å². The number of fused-ring (bicyclic) bond motifs is 1. The van der Waals surface area contributed by atoms with Crippen LogP contribution in [-0.4, -0.2) is 39.6 Å². The maximum Gasteiger partial charge on any atom is 0.276 e. The number of halogens is 3. The topological polar surface area (TPSA) is 58.8 Å². The second-order valence-corrected chi connectivity index (χ2v) is 8.41. The van der Waals surface area contributed by atoms with E-state index in [1.807, 2.05) is 25.3 Å². The predicted octanol–water partition coefficient (Wildman–Crippen LogP) is 4.64. The van der Waals surface area contributed by atoms with Crippen molar-refractivity contribution in [2.75, 3.05) is 7.05 Å². The van der Waals surface area contributed by atoms with Gasteiger partial charge in [0.05, 0.1) is 22.1 Å². The molecule has 9 heteroatoms. The second kappa shape index (κ2) is 8.61. The van der Waals surface area contributed by atoms with Crippen molar-refractivity contribution >= 4 is 45.9 Å². The lowest BCUT2D eigenvalue weighted by Crippen LogP contribution is -2.50. The Morgan fingerprint density at radius 1 is 1.50 bits per heavy atom. The first-order valence-electron chi connectivity index (χ1n) is 8.94. The molecular formula is C19H21ClF2N4OS. The van der Waals surface area contributed by atoms with Gasteiger partial charge in [-0.15, -0.1) is 0 Å². The van der Waals surface area contributed by atoms with Crippen LogP contribution in [-0.2, 0) is 4.79 Å². The average molecular weight is 427 g/mol. The number of nitrogens with one attached hydrogen (secondary N) is 1. The quantitative estimate of drug-likeness (QED) is 0.574. The van der Waals surface area contributed by atoms with Gasteiger partial charge in [0.1, 0.15) is 0 Å². The third kappa shape index (κ3) is 4.72. The summed E-state index contributed by atoms with van der Waals surface area (Å²) in [7, 11) is 1.43. The van der Waals surface area contributed by atoms with Crippen LogP contribution in [0.2, 0.25) is 0 Å². The minimum Gasteiger partial charge on any atom is -0.341 e. The molecule has 150 valence electrons. The number of carbonyl (C=O) groups excluding carboxylic acids is 1. The number of amides is 1. The molecule has 0 bridgehead atoms. The van der Waals surface area contributed by atoms with Crippen molar-refractivity contribution in [3.8, 4) is 0 Å². The number of hydrogen-bond acceptors (Lipinski definition) is 4. The summed E-state index contributed by atoms with van der Waals surface area (Å²) in [5.74, 6) is -3.53. The molecular weight excluding hydrogens is 406 g/mol. The third-order valence-electron chi connectivity index (χ3n) is 4.64. The maximum atomic E-state index is 14.0. The number of alkyl halides is 2. The lowest BCUT2D eigenvalue weighted by Gasteiger charge is -2.31. The molecule has 0 saturated heterocycles. The van der Waals surface area contributed by atoms with Gasteiger partial charge in [0.2, 0.25) is 0 Å². The number of hydrogen-bond donors (Lipinski definition) is 1. The first kappa shape index (κ1) is 20.8. The molecule has 0 aromatic carbocycles. The summed E-state index contributed by atoms with van der Waals surface area (Å²) in [4.78, 5) is 16.4. The van der Waals surface area contributed by atoms with Crippen molar-refractivity contribution in [3.63, 3.8) is 0 Å². The summed E-state index contributed by atoms with van der Waals surface area (Å²) in [5, 5.41) is 6.71. The Labute approximate surface area is 171 Å². The van der Waals surface area contributed by atoms with Crippen LogP contribution in [0.4, 0.5) is 8.78 Å². The highest BCUT2D eigenvalue weighted by Gasteiger charge is 2.42. The molecule has 0 aliphatic heterocycles. The summed E-state index contributed by atoms with van der Waals surface area (Å²) < 4.78 is 30.0. The van der Waals surface area contributed by atoms with Gasteiger partial charge in [0, 0.05) is 25.2 Å². The van der Waals surface area contributed by atoms with Crippen LogP contribution < -0.4 is 5.32 Å². The summed E-state index contributed by atoms with van der Waals surface area (Å²) in [5.41, 5.74) is 2.74. The molecule has 1 atom stereocenters. The van der Waals surface area contributed by atoms with E-state index < -0.39 is 17.9 Å². The molecule has 28 heavy (non-hydrogen) atoms. The van der Waals surface area contributed by atoms with Crippen LogP contribution in [0.5, 0.6) is 0 Å². The van der Waals surface area contributed by atoms with Crippen LogP contribution in [0.3, 0.4) is 0 Å². The minimum atomic E-state index is -2.90. The molecule has 0 radical (unpaired) electrons. The smallest absolute Gasteiger partial charge is 0.276 e. The van der Waals surface area contributed by atoms with Crippen LogP contribution >= 0.6 is 23.4 Å². The Bertz CT molecular complexity index is 941. The van der Waals surface area contributed by atoms with E-state index in [1.165, 1.54) is 7.05 Å². The van der Waals surface area contributed by atoms with Crippen molar-refractivity contribution in [2.45, 2.75) is 44.6 Å². The number of aromatic nitrogens is 2. The zero-order chi connectivity index (χ0) is 20.3. The van der Waals surface area contributed by atoms with E-state index in [2.05, 4.69) is 15.4 Å². The Morgan fingerprint density at radius 2 is 2.29 bits per heavy atom. The molecule has 2 aromatic rings. The number of aryl methyl sites for hydroxylation is 1. The lowest BCUT2D eigenvalue weighted by atomic mass is 9.91. The van der Waals surface area contributed by atoms with Gasteiger partial charge in [0.25, 0.3) is 11.8 Å². The SMILES string of the molecule is CN=C(S/C(Cl)=C/c1cnn2ccc(C)cc12)C(=O)N[C@@H]1CCCCC1(F)F. The highest BCUT2D eigenvalue weighted by Crippen LogP contribution is 2.34. The van der Waals surface area contributed by atoms with E-state index in [9.17, 15) is 13.6 Å². The number of rotatable bonds is 3. The molecule has 1 fully saturated rings. The fourth-order valence-electron chi connectivity index (χ4n) is 3.15. The molecule has 1 N–H and O–H groups in total. The Hall–Kier alpha value is -1.93. The minimum absolute atomic E-state index is 0.0373. The molecule has 1 amide bonds. The van der Waals surface area contributed by atoms with Gasteiger partial charge in [0.15, 0.2) is 5.04 Å². The number of carbonyl (C=O) groups is 1. The van der Waals surface area contributed by atoms with E-state index in [-0.39, 0.29) is 17.9 Å². The monoisotopic (exact) mass is 426 g/mol. The second-order valence-electron chi connectivity index (χ2n) is 6.75. The Kier molecular flexibility index (Phi) is 6.40. The molecule has 3 rings (SSSR count). The van der Waals surface area contributed by atoms with Crippen LogP contribution in [0.1, 0.15) is 36.8 Å². The highest BCUT2D eigenvalue weighted by molar-refractivity contribution is 8.20. The zero-order valence-electron chi connectivity index (χ0n) is 15.6. The molecule has 5 nitrogen and oxygen atoms in total. The number of thioether (sulfide) groups is 1. The molecule has 2 aromatic heterocycles. The average Bonchev–Trinajstić information content (AvgIpc) is 3.03. The summed E-state index contributed by atoms with van der Waals surface area (Å²) >= 11 is 7.24. The summed E-state index contributed by atoms with van der Waals surface area (Å²) in [6.07, 6.45) is 6.38. The van der Waals surface area contributed by atoms with Gasteiger partial charge in [-0.05, 0) is 43.5 Å². The van der Waals surface area contributed by atoms with Gasteiger partial charge in [-0.2, -0.15) is 5.10 Å². The fourth-order valence-corrected chi connectivity index (χ4v) is 4.10. The molecule has 0 spiro atoms. The van der Waals surface area contributed by atoms with Gasteiger partial charge in [-0.25, -0.2) is 13.3 Å². The van der Waals surface area contributed by atoms with E-state index in [4.69, 9.17) is 11.6 Å². The van der Waals surface area contributed by atoms with Crippen LogP contribution in [0.25, 0.3) is 11.6 Å². The summed E-state index contributed by atoms with van der Waals surface area (Å²) in [6, 6.07) is 2.74. The molecule has 1 saturated carbocycles. The van der Waals surface area contributed by atoms with Gasteiger partial charge >= 0.3 is 0 Å².